The van der Waals surface area contributed by atoms with Gasteiger partial charge in [-0.15, -0.1) is 0 Å². The van der Waals surface area contributed by atoms with Crippen LogP contribution in [0.2, 0.25) is 0 Å². The van der Waals surface area contributed by atoms with Crippen LogP contribution in [-0.4, -0.2) is 53.8 Å². The molecule has 0 aliphatic carbocycles. The largest absolute Gasteiger partial charge is 0.354 e. The maximum Gasteiger partial charge on any atom is 0.269 e. The molecule has 2 unspecified atom stereocenters. The van der Waals surface area contributed by atoms with Gasteiger partial charge in [0, 0.05) is 49.8 Å². The van der Waals surface area contributed by atoms with Crippen molar-refractivity contribution in [1.29, 1.82) is 0 Å². The van der Waals surface area contributed by atoms with Crippen LogP contribution in [0.3, 0.4) is 0 Å². The normalized spacial score (nSPS) is 12.4. The smallest absolute Gasteiger partial charge is 0.269 e. The molecule has 0 radical (unpaired) electrons. The van der Waals surface area contributed by atoms with Crippen molar-refractivity contribution in [2.24, 2.45) is 0 Å². The first-order valence-electron chi connectivity index (χ1n) is 10.4. The van der Waals surface area contributed by atoms with E-state index >= 15 is 0 Å². The zero-order valence-electron chi connectivity index (χ0n) is 18.2. The molecule has 166 valence electrons. The molecule has 1 aromatic rings. The number of rotatable bonds is 12. The molecule has 1 heterocycles. The summed E-state index contributed by atoms with van der Waals surface area (Å²) in [5, 5.41) is 10.9. The molecule has 0 saturated carbocycles. The quantitative estimate of drug-likeness (QED) is 0.404. The summed E-state index contributed by atoms with van der Waals surface area (Å²) >= 11 is 0. The molecule has 9 nitrogen and oxygen atoms in total. The Hall–Kier alpha value is -2.97. The van der Waals surface area contributed by atoms with E-state index in [0.29, 0.717) is 0 Å². The van der Waals surface area contributed by atoms with Gasteiger partial charge in [0.2, 0.25) is 11.8 Å². The van der Waals surface area contributed by atoms with Gasteiger partial charge in [0.05, 0.1) is 0 Å². The first-order valence-corrected chi connectivity index (χ1v) is 10.4. The van der Waals surface area contributed by atoms with Crippen molar-refractivity contribution in [1.82, 2.24) is 26.3 Å². The van der Waals surface area contributed by atoms with E-state index in [1.807, 2.05) is 27.7 Å². The first-order chi connectivity index (χ1) is 14.3. The minimum atomic E-state index is -0.464. The zero-order chi connectivity index (χ0) is 22.5. The number of hydrogen-bond donors (Lipinski definition) is 4. The van der Waals surface area contributed by atoms with E-state index in [2.05, 4.69) is 26.3 Å². The second-order valence-electron chi connectivity index (χ2n) is 7.20. The lowest BCUT2D eigenvalue weighted by molar-refractivity contribution is -0.122. The molecule has 0 aromatic carbocycles. The Labute approximate surface area is 177 Å². The minimum Gasteiger partial charge on any atom is -0.354 e. The van der Waals surface area contributed by atoms with E-state index in [9.17, 15) is 19.2 Å². The number of nitrogens with one attached hydrogen (secondary N) is 4. The Kier molecular flexibility index (Phi) is 11.1. The average Bonchev–Trinajstić information content (AvgIpc) is 2.73. The Bertz CT molecular complexity index is 681. The van der Waals surface area contributed by atoms with Gasteiger partial charge in [-0.3, -0.25) is 24.2 Å². The van der Waals surface area contributed by atoms with E-state index in [0.717, 1.165) is 12.8 Å². The van der Waals surface area contributed by atoms with E-state index in [1.165, 1.54) is 18.3 Å². The lowest BCUT2D eigenvalue weighted by Gasteiger charge is -2.12. The van der Waals surface area contributed by atoms with Gasteiger partial charge in [-0.25, -0.2) is 0 Å². The summed E-state index contributed by atoms with van der Waals surface area (Å²) in [5.74, 6) is -1.12. The van der Waals surface area contributed by atoms with Crippen molar-refractivity contribution in [2.45, 2.75) is 65.5 Å². The fourth-order valence-electron chi connectivity index (χ4n) is 2.37. The summed E-state index contributed by atoms with van der Waals surface area (Å²) in [4.78, 5) is 51.9. The van der Waals surface area contributed by atoms with Crippen molar-refractivity contribution in [3.8, 4) is 0 Å². The highest BCUT2D eigenvalue weighted by atomic mass is 16.2. The highest BCUT2D eigenvalue weighted by molar-refractivity contribution is 5.98. The second kappa shape index (κ2) is 13.3. The monoisotopic (exact) mass is 419 g/mol. The van der Waals surface area contributed by atoms with Crippen LogP contribution in [0.1, 0.15) is 74.2 Å². The number of carbonyl (C=O) groups excluding carboxylic acids is 4. The van der Waals surface area contributed by atoms with Crippen molar-refractivity contribution in [3.05, 3.63) is 29.6 Å². The van der Waals surface area contributed by atoms with Crippen LogP contribution in [0.15, 0.2) is 18.3 Å². The van der Waals surface area contributed by atoms with Gasteiger partial charge >= 0.3 is 0 Å². The number of pyridine rings is 1. The van der Waals surface area contributed by atoms with Crippen LogP contribution in [-0.2, 0) is 9.59 Å². The molecular formula is C21H33N5O4. The standard InChI is InChI=1S/C21H33N5O4/c1-5-14(3)25-18(27)8-11-23-20(29)16-7-10-22-17(13-16)21(30)24-12-9-19(28)26-15(4)6-2/h7,10,13-15H,5-6,8-9,11-12H2,1-4H3,(H,23,29)(H,24,30)(H,25,27)(H,26,28). The Morgan fingerprint density at radius 1 is 0.867 bits per heavy atom. The third kappa shape index (κ3) is 9.49. The number of amides is 4. The topological polar surface area (TPSA) is 129 Å². The van der Waals surface area contributed by atoms with Crippen LogP contribution in [0.4, 0.5) is 0 Å². The molecule has 0 bridgehead atoms. The van der Waals surface area contributed by atoms with E-state index in [4.69, 9.17) is 0 Å². The molecule has 0 fully saturated rings. The minimum absolute atomic E-state index is 0.0829. The van der Waals surface area contributed by atoms with Crippen LogP contribution in [0, 0.1) is 0 Å². The fraction of sp³-hybridized carbons (Fsp3) is 0.571. The molecule has 0 spiro atoms. The van der Waals surface area contributed by atoms with E-state index in [1.54, 1.807) is 0 Å². The zero-order valence-corrected chi connectivity index (χ0v) is 18.2. The number of aromatic nitrogens is 1. The molecule has 1 rings (SSSR count). The molecule has 1 aromatic heterocycles. The van der Waals surface area contributed by atoms with Crippen LogP contribution < -0.4 is 21.3 Å². The first kappa shape index (κ1) is 25.1. The summed E-state index contributed by atoms with van der Waals surface area (Å²) in [7, 11) is 0. The van der Waals surface area contributed by atoms with Crippen molar-refractivity contribution < 1.29 is 19.2 Å². The maximum absolute atomic E-state index is 12.3. The van der Waals surface area contributed by atoms with Gasteiger partial charge in [-0.2, -0.15) is 0 Å². The lowest BCUT2D eigenvalue weighted by Crippen LogP contribution is -2.35. The molecule has 2 atom stereocenters. The molecule has 0 aliphatic rings. The molecule has 4 amide bonds. The third-order valence-corrected chi connectivity index (χ3v) is 4.57. The Morgan fingerprint density at radius 2 is 1.37 bits per heavy atom. The van der Waals surface area contributed by atoms with Crippen LogP contribution >= 0.6 is 0 Å². The fourth-order valence-corrected chi connectivity index (χ4v) is 2.37. The average molecular weight is 420 g/mol. The summed E-state index contributed by atoms with van der Waals surface area (Å²) in [6.45, 7) is 8.14. The predicted molar refractivity (Wildman–Crippen MR) is 114 cm³/mol. The summed E-state index contributed by atoms with van der Waals surface area (Å²) in [6.07, 6.45) is 3.37. The molecule has 0 aliphatic heterocycles. The van der Waals surface area contributed by atoms with Gasteiger partial charge in [0.25, 0.3) is 11.8 Å². The molecular weight excluding hydrogens is 386 g/mol. The molecule has 0 saturated heterocycles. The number of hydrogen-bond acceptors (Lipinski definition) is 5. The van der Waals surface area contributed by atoms with Gasteiger partial charge < -0.3 is 21.3 Å². The molecule has 4 N–H and O–H groups in total. The van der Waals surface area contributed by atoms with Gasteiger partial charge in [-0.1, -0.05) is 13.8 Å². The third-order valence-electron chi connectivity index (χ3n) is 4.57. The Balaban J connectivity index is 2.47. The predicted octanol–water partition coefficient (Wildman–Crippen LogP) is 1.15. The molecule has 30 heavy (non-hydrogen) atoms. The maximum atomic E-state index is 12.3. The van der Waals surface area contributed by atoms with E-state index < -0.39 is 11.8 Å². The highest BCUT2D eigenvalue weighted by Crippen LogP contribution is 2.02. The summed E-state index contributed by atoms with van der Waals surface area (Å²) in [6, 6.07) is 3.05. The SMILES string of the molecule is CCC(C)NC(=O)CCNC(=O)c1ccnc(C(=O)NCCC(=O)NC(C)CC)c1. The van der Waals surface area contributed by atoms with Gasteiger partial charge in [0.1, 0.15) is 5.69 Å². The highest BCUT2D eigenvalue weighted by Gasteiger charge is 2.13. The van der Waals surface area contributed by atoms with Crippen LogP contribution in [0.25, 0.3) is 0 Å². The summed E-state index contributed by atoms with van der Waals surface area (Å²) in [5.41, 5.74) is 0.353. The lowest BCUT2D eigenvalue weighted by atomic mass is 10.2. The second-order valence-corrected chi connectivity index (χ2v) is 7.20. The number of carbonyl (C=O) groups is 4. The van der Waals surface area contributed by atoms with Crippen molar-refractivity contribution >= 4 is 23.6 Å². The Morgan fingerprint density at radius 3 is 1.87 bits per heavy atom. The van der Waals surface area contributed by atoms with Crippen molar-refractivity contribution in [2.75, 3.05) is 13.1 Å². The van der Waals surface area contributed by atoms with Gasteiger partial charge in [-0.05, 0) is 38.8 Å². The van der Waals surface area contributed by atoms with Crippen molar-refractivity contribution in [3.63, 3.8) is 0 Å². The summed E-state index contributed by atoms with van der Waals surface area (Å²) < 4.78 is 0. The molecule has 9 heteroatoms. The van der Waals surface area contributed by atoms with E-state index in [-0.39, 0.29) is 61.1 Å². The van der Waals surface area contributed by atoms with Crippen LogP contribution in [0.5, 0.6) is 0 Å². The van der Waals surface area contributed by atoms with Gasteiger partial charge in [0.15, 0.2) is 0 Å². The number of nitrogens with zero attached hydrogens (tertiary/aromatic N) is 1.